The van der Waals surface area contributed by atoms with Crippen LogP contribution in [0, 0.1) is 5.92 Å². The van der Waals surface area contributed by atoms with Gasteiger partial charge in [0.1, 0.15) is 5.75 Å². The molecule has 1 aromatic rings. The summed E-state index contributed by atoms with van der Waals surface area (Å²) in [6.45, 7) is 0.224. The summed E-state index contributed by atoms with van der Waals surface area (Å²) in [5.74, 6) is -0.805. The van der Waals surface area contributed by atoms with E-state index in [1.807, 2.05) is 0 Å². The number of likely N-dealkylation sites (tertiary alicyclic amines) is 1. The van der Waals surface area contributed by atoms with Crippen molar-refractivity contribution >= 4 is 11.9 Å². The Morgan fingerprint density at radius 3 is 2.60 bits per heavy atom. The summed E-state index contributed by atoms with van der Waals surface area (Å²) in [5, 5.41) is 18.5. The second-order valence-corrected chi connectivity index (χ2v) is 4.82. The smallest absolute Gasteiger partial charge is 0.333 e. The fourth-order valence-corrected chi connectivity index (χ4v) is 2.39. The SMILES string of the molecule is COC(=O)[C@@H](c1ccc(O)cc1)N1CC(CO)CC1=O. The second-order valence-electron chi connectivity index (χ2n) is 4.82. The maximum absolute atomic E-state index is 12.0. The number of hydrogen-bond donors (Lipinski definition) is 2. The largest absolute Gasteiger partial charge is 0.508 e. The fraction of sp³-hybridized carbons (Fsp3) is 0.429. The Morgan fingerprint density at radius 1 is 1.45 bits per heavy atom. The van der Waals surface area contributed by atoms with E-state index >= 15 is 0 Å². The monoisotopic (exact) mass is 279 g/mol. The topological polar surface area (TPSA) is 87.1 Å². The number of amides is 1. The number of hydrogen-bond acceptors (Lipinski definition) is 5. The fourth-order valence-electron chi connectivity index (χ4n) is 2.39. The van der Waals surface area contributed by atoms with E-state index in [9.17, 15) is 14.7 Å². The van der Waals surface area contributed by atoms with E-state index in [0.29, 0.717) is 12.1 Å². The molecule has 0 bridgehead atoms. The number of benzene rings is 1. The second kappa shape index (κ2) is 5.92. The standard InChI is InChI=1S/C14H17NO5/c1-20-14(19)13(10-2-4-11(17)5-3-10)15-7-9(8-16)6-12(15)18/h2-5,9,13,16-17H,6-8H2,1H3/t9?,13-/m1/s1. The van der Waals surface area contributed by atoms with Gasteiger partial charge in [-0.1, -0.05) is 12.1 Å². The van der Waals surface area contributed by atoms with E-state index < -0.39 is 12.0 Å². The predicted octanol–water partition coefficient (Wildman–Crippen LogP) is 0.447. The van der Waals surface area contributed by atoms with Crippen LogP contribution in [0.2, 0.25) is 0 Å². The number of phenols is 1. The molecule has 0 saturated carbocycles. The van der Waals surface area contributed by atoms with E-state index in [1.165, 1.54) is 24.1 Å². The van der Waals surface area contributed by atoms with Crippen LogP contribution >= 0.6 is 0 Å². The van der Waals surface area contributed by atoms with Crippen LogP contribution in [-0.4, -0.2) is 47.3 Å². The van der Waals surface area contributed by atoms with Crippen molar-refractivity contribution in [1.29, 1.82) is 0 Å². The summed E-state index contributed by atoms with van der Waals surface area (Å²) < 4.78 is 4.77. The van der Waals surface area contributed by atoms with Crippen LogP contribution in [0.25, 0.3) is 0 Å². The number of rotatable bonds is 4. The van der Waals surface area contributed by atoms with Crippen molar-refractivity contribution < 1.29 is 24.5 Å². The Bertz CT molecular complexity index is 499. The highest BCUT2D eigenvalue weighted by Crippen LogP contribution is 2.30. The molecule has 0 aliphatic carbocycles. The number of nitrogens with zero attached hydrogens (tertiary/aromatic N) is 1. The minimum Gasteiger partial charge on any atom is -0.508 e. The van der Waals surface area contributed by atoms with Crippen LogP contribution < -0.4 is 0 Å². The lowest BCUT2D eigenvalue weighted by Crippen LogP contribution is -2.36. The van der Waals surface area contributed by atoms with Gasteiger partial charge in [-0.2, -0.15) is 0 Å². The number of carbonyl (C=O) groups excluding carboxylic acids is 2. The lowest BCUT2D eigenvalue weighted by atomic mass is 10.1. The third-order valence-corrected chi connectivity index (χ3v) is 3.44. The van der Waals surface area contributed by atoms with Crippen molar-refractivity contribution in [1.82, 2.24) is 4.90 Å². The molecule has 2 N–H and O–H groups in total. The van der Waals surface area contributed by atoms with Gasteiger partial charge in [-0.15, -0.1) is 0 Å². The van der Waals surface area contributed by atoms with Gasteiger partial charge in [0.05, 0.1) is 7.11 Å². The molecule has 0 aromatic heterocycles. The molecule has 1 unspecified atom stereocenters. The molecule has 2 atom stereocenters. The van der Waals surface area contributed by atoms with E-state index in [1.54, 1.807) is 12.1 Å². The molecule has 1 aliphatic rings. The molecule has 1 aliphatic heterocycles. The Morgan fingerprint density at radius 2 is 2.10 bits per heavy atom. The van der Waals surface area contributed by atoms with E-state index in [0.717, 1.165) is 0 Å². The maximum Gasteiger partial charge on any atom is 0.333 e. The van der Waals surface area contributed by atoms with Crippen molar-refractivity contribution in [2.24, 2.45) is 5.92 Å². The highest BCUT2D eigenvalue weighted by molar-refractivity contribution is 5.87. The van der Waals surface area contributed by atoms with Gasteiger partial charge in [0.25, 0.3) is 0 Å². The number of aliphatic hydroxyl groups excluding tert-OH is 1. The average Bonchev–Trinajstić information content (AvgIpc) is 2.82. The molecule has 108 valence electrons. The molecule has 20 heavy (non-hydrogen) atoms. The minimum atomic E-state index is -0.843. The van der Waals surface area contributed by atoms with Gasteiger partial charge in [0, 0.05) is 25.5 Å². The van der Waals surface area contributed by atoms with Crippen LogP contribution in [0.3, 0.4) is 0 Å². The molecule has 6 heteroatoms. The highest BCUT2D eigenvalue weighted by atomic mass is 16.5. The molecule has 1 heterocycles. The number of ether oxygens (including phenoxy) is 1. The molecule has 0 spiro atoms. The lowest BCUT2D eigenvalue weighted by Gasteiger charge is -2.26. The first-order valence-corrected chi connectivity index (χ1v) is 6.34. The number of aliphatic hydroxyl groups is 1. The van der Waals surface area contributed by atoms with Gasteiger partial charge < -0.3 is 19.8 Å². The summed E-state index contributed by atoms with van der Waals surface area (Å²) in [6, 6.07) is 5.22. The van der Waals surface area contributed by atoms with Crippen molar-refractivity contribution in [2.45, 2.75) is 12.5 Å². The first-order valence-electron chi connectivity index (χ1n) is 6.34. The van der Waals surface area contributed by atoms with Gasteiger partial charge in [-0.3, -0.25) is 4.79 Å². The number of esters is 1. The highest BCUT2D eigenvalue weighted by Gasteiger charge is 2.38. The molecule has 1 aromatic carbocycles. The van der Waals surface area contributed by atoms with E-state index in [4.69, 9.17) is 9.84 Å². The maximum atomic E-state index is 12.0. The van der Waals surface area contributed by atoms with E-state index in [-0.39, 0.29) is 30.6 Å². The molecule has 2 rings (SSSR count). The number of phenolic OH excluding ortho intramolecular Hbond substituents is 1. The van der Waals surface area contributed by atoms with Crippen molar-refractivity contribution in [3.8, 4) is 5.75 Å². The zero-order chi connectivity index (χ0) is 14.7. The first kappa shape index (κ1) is 14.3. The molecular weight excluding hydrogens is 262 g/mol. The normalized spacial score (nSPS) is 20.0. The quantitative estimate of drug-likeness (QED) is 0.781. The van der Waals surface area contributed by atoms with Crippen molar-refractivity contribution in [3.05, 3.63) is 29.8 Å². The lowest BCUT2D eigenvalue weighted by molar-refractivity contribution is -0.151. The Kier molecular flexibility index (Phi) is 4.24. The molecule has 1 amide bonds. The van der Waals surface area contributed by atoms with Gasteiger partial charge in [-0.05, 0) is 17.7 Å². The predicted molar refractivity (Wildman–Crippen MR) is 69.8 cm³/mol. The van der Waals surface area contributed by atoms with Crippen LogP contribution in [0.4, 0.5) is 0 Å². The molecule has 1 fully saturated rings. The average molecular weight is 279 g/mol. The molecular formula is C14H17NO5. The zero-order valence-electron chi connectivity index (χ0n) is 11.2. The van der Waals surface area contributed by atoms with Gasteiger partial charge in [0.2, 0.25) is 5.91 Å². The number of methoxy groups -OCH3 is 1. The third-order valence-electron chi connectivity index (χ3n) is 3.44. The van der Waals surface area contributed by atoms with Crippen molar-refractivity contribution in [3.63, 3.8) is 0 Å². The van der Waals surface area contributed by atoms with Crippen LogP contribution in [0.1, 0.15) is 18.0 Å². The molecule has 6 nitrogen and oxygen atoms in total. The molecule has 0 radical (unpaired) electrons. The van der Waals surface area contributed by atoms with Crippen molar-refractivity contribution in [2.75, 3.05) is 20.3 Å². The third kappa shape index (κ3) is 2.75. The summed E-state index contributed by atoms with van der Waals surface area (Å²) in [5.41, 5.74) is 0.571. The Labute approximate surface area is 116 Å². The number of carbonyl (C=O) groups is 2. The summed E-state index contributed by atoms with van der Waals surface area (Å²) in [6.07, 6.45) is 0.224. The summed E-state index contributed by atoms with van der Waals surface area (Å²) in [4.78, 5) is 25.4. The summed E-state index contributed by atoms with van der Waals surface area (Å²) in [7, 11) is 1.26. The van der Waals surface area contributed by atoms with Gasteiger partial charge in [0.15, 0.2) is 6.04 Å². The van der Waals surface area contributed by atoms with Crippen LogP contribution in [0.5, 0.6) is 5.75 Å². The summed E-state index contributed by atoms with van der Waals surface area (Å²) >= 11 is 0. The van der Waals surface area contributed by atoms with Crippen LogP contribution in [0.15, 0.2) is 24.3 Å². The van der Waals surface area contributed by atoms with Gasteiger partial charge in [-0.25, -0.2) is 4.79 Å². The van der Waals surface area contributed by atoms with Crippen LogP contribution in [-0.2, 0) is 14.3 Å². The molecule has 1 saturated heterocycles. The first-order chi connectivity index (χ1) is 9.56. The Hall–Kier alpha value is -2.08. The Balaban J connectivity index is 2.31. The minimum absolute atomic E-state index is 0.0818. The van der Waals surface area contributed by atoms with Gasteiger partial charge >= 0.3 is 5.97 Å². The van der Waals surface area contributed by atoms with E-state index in [2.05, 4.69) is 0 Å². The number of aromatic hydroxyl groups is 1. The zero-order valence-corrected chi connectivity index (χ0v) is 11.2.